The molecule has 1 amide bonds. The van der Waals surface area contributed by atoms with E-state index in [4.69, 9.17) is 16.3 Å². The van der Waals surface area contributed by atoms with Gasteiger partial charge in [0.25, 0.3) is 15.6 Å². The minimum atomic E-state index is -3.91. The van der Waals surface area contributed by atoms with Gasteiger partial charge in [0.2, 0.25) is 5.91 Å². The summed E-state index contributed by atoms with van der Waals surface area (Å²) in [7, 11) is -2.34. The molecule has 1 saturated heterocycles. The number of aromatic nitrogens is 1. The second-order valence-corrected chi connectivity index (χ2v) is 10.1. The maximum absolute atomic E-state index is 13.1. The zero-order valence-corrected chi connectivity index (χ0v) is 18.7. The molecule has 3 heterocycles. The van der Waals surface area contributed by atoms with Crippen LogP contribution in [-0.2, 0) is 26.1 Å². The summed E-state index contributed by atoms with van der Waals surface area (Å²) in [4.78, 5) is 27.4. The summed E-state index contributed by atoms with van der Waals surface area (Å²) in [5.41, 5.74) is 0.468. The number of carbonyl (C=O) groups excluding carboxylic acids is 1. The van der Waals surface area contributed by atoms with Crippen molar-refractivity contribution in [2.24, 2.45) is 5.92 Å². The predicted molar refractivity (Wildman–Crippen MR) is 117 cm³/mol. The van der Waals surface area contributed by atoms with E-state index in [9.17, 15) is 18.0 Å². The first kappa shape index (κ1) is 21.9. The Morgan fingerprint density at radius 1 is 1.16 bits per heavy atom. The van der Waals surface area contributed by atoms with Gasteiger partial charge in [-0.1, -0.05) is 11.6 Å². The molecule has 4 rings (SSSR count). The lowest BCUT2D eigenvalue weighted by molar-refractivity contribution is -0.134. The number of piperidine rings is 1. The van der Waals surface area contributed by atoms with Crippen molar-refractivity contribution in [3.63, 3.8) is 0 Å². The third-order valence-electron chi connectivity index (χ3n) is 5.85. The van der Waals surface area contributed by atoms with E-state index >= 15 is 0 Å². The quantitative estimate of drug-likeness (QED) is 0.705. The zero-order valence-electron chi connectivity index (χ0n) is 17.1. The summed E-state index contributed by atoms with van der Waals surface area (Å²) < 4.78 is 34.4. The topological polar surface area (TPSA) is 97.7 Å². The molecule has 0 radical (unpaired) electrons. The molecule has 1 aromatic heterocycles. The lowest BCUT2D eigenvalue weighted by atomic mass is 9.83. The summed E-state index contributed by atoms with van der Waals surface area (Å²) in [6, 6.07) is 9.03. The highest BCUT2D eigenvalue weighted by Crippen LogP contribution is 2.35. The highest BCUT2D eigenvalue weighted by Gasteiger charge is 2.36. The number of rotatable bonds is 6. The Morgan fingerprint density at radius 3 is 2.61 bits per heavy atom. The summed E-state index contributed by atoms with van der Waals surface area (Å²) in [5, 5.41) is 0.425. The van der Waals surface area contributed by atoms with Crippen LogP contribution in [0.25, 0.3) is 0 Å². The van der Waals surface area contributed by atoms with Crippen LogP contribution in [0.1, 0.15) is 24.5 Å². The smallest absolute Gasteiger partial charge is 0.275 e. The molecule has 2 atom stereocenters. The number of amides is 1. The molecule has 2 aliphatic heterocycles. The zero-order chi connectivity index (χ0) is 22.2. The van der Waals surface area contributed by atoms with Gasteiger partial charge < -0.3 is 14.2 Å². The van der Waals surface area contributed by atoms with Crippen molar-refractivity contribution in [2.75, 3.05) is 31.5 Å². The van der Waals surface area contributed by atoms with Crippen molar-refractivity contribution in [3.8, 4) is 0 Å². The highest BCUT2D eigenvalue weighted by atomic mass is 35.5. The van der Waals surface area contributed by atoms with Gasteiger partial charge in [0, 0.05) is 43.4 Å². The van der Waals surface area contributed by atoms with E-state index in [0.717, 1.165) is 12.1 Å². The van der Waals surface area contributed by atoms with E-state index in [0.29, 0.717) is 37.7 Å². The Hall–Kier alpha value is -2.36. The molecule has 2 aromatic rings. The number of sulfonamides is 1. The maximum Gasteiger partial charge on any atom is 0.275 e. The molecule has 0 saturated carbocycles. The number of likely N-dealkylation sites (tertiary alicyclic amines) is 1. The first-order valence-electron chi connectivity index (χ1n) is 10.1. The molecule has 8 nitrogen and oxygen atoms in total. The maximum atomic E-state index is 13.1. The third kappa shape index (κ3) is 4.49. The lowest BCUT2D eigenvalue weighted by Crippen LogP contribution is -2.49. The van der Waals surface area contributed by atoms with Crippen molar-refractivity contribution >= 4 is 33.2 Å². The third-order valence-corrected chi connectivity index (χ3v) is 7.48. The molecule has 1 N–H and O–H groups in total. The molecule has 2 aliphatic rings. The van der Waals surface area contributed by atoms with Crippen LogP contribution in [0.5, 0.6) is 0 Å². The minimum absolute atomic E-state index is 0.00620. The molecule has 0 aliphatic carbocycles. The lowest BCUT2D eigenvalue weighted by Gasteiger charge is -2.43. The van der Waals surface area contributed by atoms with Gasteiger partial charge in [-0.05, 0) is 48.7 Å². The number of nitrogens with one attached hydrogen (secondary N) is 1. The highest BCUT2D eigenvalue weighted by molar-refractivity contribution is 7.92. The molecule has 2 unspecified atom stereocenters. The number of benzene rings is 1. The normalized spacial score (nSPS) is 20.3. The van der Waals surface area contributed by atoms with Crippen molar-refractivity contribution < 1.29 is 17.9 Å². The van der Waals surface area contributed by atoms with Crippen molar-refractivity contribution in [2.45, 2.75) is 30.2 Å². The van der Waals surface area contributed by atoms with Crippen molar-refractivity contribution in [3.05, 3.63) is 57.5 Å². The fourth-order valence-electron chi connectivity index (χ4n) is 4.39. The Balaban J connectivity index is 1.57. The van der Waals surface area contributed by atoms with Crippen LogP contribution in [0.2, 0.25) is 5.02 Å². The number of anilines is 1. The molecular weight excluding hydrogens is 442 g/mol. The number of hydrogen-bond donors (Lipinski definition) is 1. The number of fused-ring (bicyclic) bond motifs is 4. The SMILES string of the molecule is COCCC(=O)N1CC2CC(C1)c1ccc(NS(=O)(=O)c3ccc(Cl)cc3)c(=O)n1C2. The molecule has 2 bridgehead atoms. The van der Waals surface area contributed by atoms with E-state index in [1.165, 1.54) is 30.3 Å². The Morgan fingerprint density at radius 2 is 1.90 bits per heavy atom. The Kier molecular flexibility index (Phi) is 6.09. The Labute approximate surface area is 185 Å². The van der Waals surface area contributed by atoms with Gasteiger partial charge in [-0.2, -0.15) is 0 Å². The number of ether oxygens (including phenoxy) is 1. The summed E-state index contributed by atoms with van der Waals surface area (Å²) in [6.45, 7) is 1.98. The number of hydrogen-bond acceptors (Lipinski definition) is 5. The average Bonchev–Trinajstić information content (AvgIpc) is 2.74. The molecule has 10 heteroatoms. The summed E-state index contributed by atoms with van der Waals surface area (Å²) in [5.74, 6) is 0.256. The second kappa shape index (κ2) is 8.64. The minimum Gasteiger partial charge on any atom is -0.384 e. The van der Waals surface area contributed by atoms with Gasteiger partial charge in [-0.3, -0.25) is 14.3 Å². The van der Waals surface area contributed by atoms with Gasteiger partial charge >= 0.3 is 0 Å². The van der Waals surface area contributed by atoms with E-state index < -0.39 is 10.0 Å². The standard InChI is InChI=1S/C21H24ClN3O5S/c1-30-9-8-20(26)24-11-14-10-15(13-24)19-7-6-18(21(27)25(19)12-14)23-31(28,29)17-4-2-16(22)3-5-17/h2-7,14-15,23H,8-13H2,1H3. The first-order chi connectivity index (χ1) is 14.8. The van der Waals surface area contributed by atoms with E-state index in [-0.39, 0.29) is 33.9 Å². The predicted octanol–water partition coefficient (Wildman–Crippen LogP) is 2.28. The van der Waals surface area contributed by atoms with Crippen LogP contribution in [0.15, 0.2) is 46.1 Å². The largest absolute Gasteiger partial charge is 0.384 e. The fourth-order valence-corrected chi connectivity index (χ4v) is 5.58. The van der Waals surface area contributed by atoms with Crippen LogP contribution >= 0.6 is 11.6 Å². The van der Waals surface area contributed by atoms with Crippen molar-refractivity contribution in [1.29, 1.82) is 0 Å². The molecule has 166 valence electrons. The van der Waals surface area contributed by atoms with Gasteiger partial charge in [0.15, 0.2) is 0 Å². The van der Waals surface area contributed by atoms with Crippen LogP contribution < -0.4 is 10.3 Å². The second-order valence-electron chi connectivity index (χ2n) is 7.99. The number of carbonyl (C=O) groups is 1. The number of nitrogens with zero attached hydrogens (tertiary/aromatic N) is 2. The monoisotopic (exact) mass is 465 g/mol. The fraction of sp³-hybridized carbons (Fsp3) is 0.429. The van der Waals surface area contributed by atoms with Crippen LogP contribution in [0, 0.1) is 5.92 Å². The van der Waals surface area contributed by atoms with Crippen LogP contribution in [-0.4, -0.2) is 50.6 Å². The van der Waals surface area contributed by atoms with Crippen LogP contribution in [0.4, 0.5) is 5.69 Å². The van der Waals surface area contributed by atoms with Crippen LogP contribution in [0.3, 0.4) is 0 Å². The molecule has 31 heavy (non-hydrogen) atoms. The number of methoxy groups -OCH3 is 1. The molecule has 0 spiro atoms. The summed E-state index contributed by atoms with van der Waals surface area (Å²) >= 11 is 5.83. The molecule has 1 fully saturated rings. The van der Waals surface area contributed by atoms with Gasteiger partial charge in [0.1, 0.15) is 5.69 Å². The summed E-state index contributed by atoms with van der Waals surface area (Å²) in [6.07, 6.45) is 1.25. The van der Waals surface area contributed by atoms with E-state index in [1.807, 2.05) is 4.90 Å². The number of halogens is 1. The first-order valence-corrected chi connectivity index (χ1v) is 11.9. The molecule has 1 aromatic carbocycles. The Bertz CT molecular complexity index is 1150. The van der Waals surface area contributed by atoms with Crippen molar-refractivity contribution in [1.82, 2.24) is 9.47 Å². The van der Waals surface area contributed by atoms with E-state index in [2.05, 4.69) is 4.72 Å². The van der Waals surface area contributed by atoms with E-state index in [1.54, 1.807) is 17.7 Å². The van der Waals surface area contributed by atoms with Gasteiger partial charge in [-0.25, -0.2) is 8.42 Å². The van der Waals surface area contributed by atoms with Gasteiger partial charge in [-0.15, -0.1) is 0 Å². The average molecular weight is 466 g/mol. The number of pyridine rings is 1. The molecular formula is C21H24ClN3O5S. The van der Waals surface area contributed by atoms with Gasteiger partial charge in [0.05, 0.1) is 17.9 Å².